The number of benzene rings is 1. The topological polar surface area (TPSA) is 79.9 Å². The molecule has 0 saturated heterocycles. The molecule has 0 radical (unpaired) electrons. The van der Waals surface area contributed by atoms with Gasteiger partial charge < -0.3 is 10.1 Å². The zero-order valence-corrected chi connectivity index (χ0v) is 15.6. The van der Waals surface area contributed by atoms with Crippen LogP contribution in [-0.2, 0) is 11.2 Å². The number of pyridine rings is 1. The van der Waals surface area contributed by atoms with E-state index in [1.165, 1.54) is 30.5 Å². The van der Waals surface area contributed by atoms with E-state index in [2.05, 4.69) is 25.2 Å². The van der Waals surface area contributed by atoms with E-state index >= 15 is 0 Å². The van der Waals surface area contributed by atoms with Crippen molar-refractivity contribution < 1.29 is 27.1 Å². The van der Waals surface area contributed by atoms with E-state index in [1.54, 1.807) is 24.5 Å². The largest absolute Gasteiger partial charge is 0.483 e. The van der Waals surface area contributed by atoms with E-state index in [4.69, 9.17) is 0 Å². The first-order valence-corrected chi connectivity index (χ1v) is 8.97. The van der Waals surface area contributed by atoms with Gasteiger partial charge in [-0.1, -0.05) is 24.3 Å². The van der Waals surface area contributed by atoms with Crippen molar-refractivity contribution in [3.05, 3.63) is 66.2 Å². The molecule has 3 rings (SSSR count). The number of carbonyl (C=O) groups excluding carboxylic acids is 1. The highest BCUT2D eigenvalue weighted by molar-refractivity contribution is 5.82. The summed E-state index contributed by atoms with van der Waals surface area (Å²) in [4.78, 5) is 16.0. The van der Waals surface area contributed by atoms with Crippen LogP contribution in [0.5, 0.6) is 5.75 Å². The van der Waals surface area contributed by atoms with Crippen molar-refractivity contribution in [1.82, 2.24) is 20.5 Å². The van der Waals surface area contributed by atoms with Gasteiger partial charge in [-0.3, -0.25) is 14.9 Å². The maximum Gasteiger partial charge on any atom is 0.422 e. The number of hydrogen-bond acceptors (Lipinski definition) is 4. The van der Waals surface area contributed by atoms with Crippen molar-refractivity contribution in [2.24, 2.45) is 0 Å². The number of carbonyl (C=O) groups is 1. The summed E-state index contributed by atoms with van der Waals surface area (Å²) in [6.07, 6.45) is -1.45. The number of H-pyrrole nitrogens is 1. The van der Waals surface area contributed by atoms with Crippen LogP contribution >= 0.6 is 0 Å². The number of ether oxygens (including phenoxy) is 1. The van der Waals surface area contributed by atoms with Crippen LogP contribution in [0.25, 0.3) is 11.1 Å². The number of rotatable bonds is 8. The summed E-state index contributed by atoms with van der Waals surface area (Å²) in [5.74, 6) is -0.793. The Hall–Kier alpha value is -3.43. The summed E-state index contributed by atoms with van der Waals surface area (Å²) in [6, 6.07) is 9.31. The molecular formula is C20H18F4N4O2. The van der Waals surface area contributed by atoms with Gasteiger partial charge in [0.05, 0.1) is 12.4 Å². The molecule has 3 aromatic rings. The monoisotopic (exact) mass is 422 g/mol. The molecule has 0 saturated carbocycles. The predicted molar refractivity (Wildman–Crippen MR) is 100 cm³/mol. The van der Waals surface area contributed by atoms with Crippen LogP contribution in [0.2, 0.25) is 0 Å². The fraction of sp³-hybridized carbons (Fsp3) is 0.250. The molecule has 1 atom stereocenters. The van der Waals surface area contributed by atoms with Crippen molar-refractivity contribution in [1.29, 1.82) is 0 Å². The lowest BCUT2D eigenvalue weighted by atomic mass is 10.0. The molecule has 0 aliphatic carbocycles. The molecular weight excluding hydrogens is 404 g/mol. The Bertz CT molecular complexity index is 942. The Balaban J connectivity index is 1.46. The van der Waals surface area contributed by atoms with Gasteiger partial charge in [-0.2, -0.15) is 18.3 Å². The fourth-order valence-corrected chi connectivity index (χ4v) is 2.62. The minimum absolute atomic E-state index is 0.0113. The highest BCUT2D eigenvalue weighted by Crippen LogP contribution is 2.23. The maximum atomic E-state index is 14.4. The molecule has 0 bridgehead atoms. The van der Waals surface area contributed by atoms with Gasteiger partial charge in [0.25, 0.3) is 5.91 Å². The Morgan fingerprint density at radius 3 is 2.47 bits per heavy atom. The maximum absolute atomic E-state index is 14.4. The number of amides is 1. The molecule has 1 aromatic carbocycles. The second-order valence-electron chi connectivity index (χ2n) is 6.40. The van der Waals surface area contributed by atoms with E-state index in [1.807, 2.05) is 0 Å². The second-order valence-corrected chi connectivity index (χ2v) is 6.40. The lowest BCUT2D eigenvalue weighted by Crippen LogP contribution is -2.29. The lowest BCUT2D eigenvalue weighted by Gasteiger charge is -2.11. The highest BCUT2D eigenvalue weighted by atomic mass is 19.4. The van der Waals surface area contributed by atoms with Crippen molar-refractivity contribution in [2.75, 3.05) is 13.2 Å². The van der Waals surface area contributed by atoms with Crippen LogP contribution in [-0.4, -0.2) is 40.4 Å². The highest BCUT2D eigenvalue weighted by Gasteiger charge is 2.28. The number of alkyl halides is 4. The van der Waals surface area contributed by atoms with E-state index < -0.39 is 24.9 Å². The second kappa shape index (κ2) is 9.38. The molecule has 6 nitrogen and oxygen atoms in total. The number of halogens is 4. The minimum Gasteiger partial charge on any atom is -0.483 e. The van der Waals surface area contributed by atoms with Crippen LogP contribution in [0.4, 0.5) is 17.6 Å². The van der Waals surface area contributed by atoms with Crippen LogP contribution < -0.4 is 10.1 Å². The third kappa shape index (κ3) is 6.03. The van der Waals surface area contributed by atoms with Crippen molar-refractivity contribution in [2.45, 2.75) is 18.8 Å². The summed E-state index contributed by atoms with van der Waals surface area (Å²) in [5.41, 5.74) is 2.44. The van der Waals surface area contributed by atoms with Crippen molar-refractivity contribution >= 4 is 5.91 Å². The summed E-state index contributed by atoms with van der Waals surface area (Å²) in [5, 5.41) is 9.02. The molecule has 0 fully saturated rings. The molecule has 0 aliphatic heterocycles. The van der Waals surface area contributed by atoms with Crippen LogP contribution in [0.3, 0.4) is 0 Å². The summed E-state index contributed by atoms with van der Waals surface area (Å²) < 4.78 is 55.3. The first-order chi connectivity index (χ1) is 14.3. The number of aromatic amines is 1. The van der Waals surface area contributed by atoms with Gasteiger partial charge in [0, 0.05) is 30.4 Å². The minimum atomic E-state index is -4.43. The standard InChI is InChI=1S/C20H18F4N4O2/c21-18(14-3-1-13(2-4-14)15-9-27-28-10-15)19(29)25-8-7-16-5-6-17(11-26-16)30-12-20(22,23)24/h1-6,9-11,18H,7-8,12H2,(H,25,29)(H,27,28). The molecule has 0 spiro atoms. The van der Waals surface area contributed by atoms with Gasteiger partial charge in [-0.15, -0.1) is 0 Å². The normalized spacial score (nSPS) is 12.4. The average molecular weight is 422 g/mol. The van der Waals surface area contributed by atoms with Gasteiger partial charge in [-0.05, 0) is 23.3 Å². The Kier molecular flexibility index (Phi) is 6.65. The number of nitrogens with zero attached hydrogens (tertiary/aromatic N) is 2. The molecule has 158 valence electrons. The molecule has 10 heteroatoms. The van der Waals surface area contributed by atoms with E-state index in [0.29, 0.717) is 5.69 Å². The summed E-state index contributed by atoms with van der Waals surface area (Å²) in [7, 11) is 0. The lowest BCUT2D eigenvalue weighted by molar-refractivity contribution is -0.153. The molecule has 0 aliphatic rings. The molecule has 2 heterocycles. The van der Waals surface area contributed by atoms with Crippen LogP contribution in [0.15, 0.2) is 55.0 Å². The van der Waals surface area contributed by atoms with Gasteiger partial charge in [-0.25, -0.2) is 4.39 Å². The zero-order valence-electron chi connectivity index (χ0n) is 15.6. The molecule has 30 heavy (non-hydrogen) atoms. The van der Waals surface area contributed by atoms with Crippen LogP contribution in [0.1, 0.15) is 17.4 Å². The van der Waals surface area contributed by atoms with E-state index in [0.717, 1.165) is 11.1 Å². The zero-order chi connectivity index (χ0) is 21.6. The molecule has 2 N–H and O–H groups in total. The van der Waals surface area contributed by atoms with Gasteiger partial charge >= 0.3 is 6.18 Å². The first-order valence-electron chi connectivity index (χ1n) is 8.97. The van der Waals surface area contributed by atoms with Crippen molar-refractivity contribution in [3.8, 4) is 16.9 Å². The summed E-state index contributed by atoms with van der Waals surface area (Å²) >= 11 is 0. The molecule has 2 aromatic heterocycles. The third-order valence-corrected chi connectivity index (χ3v) is 4.15. The fourth-order valence-electron chi connectivity index (χ4n) is 2.62. The first kappa shape index (κ1) is 21.3. The van der Waals surface area contributed by atoms with Gasteiger partial charge in [0.15, 0.2) is 6.61 Å². The van der Waals surface area contributed by atoms with E-state index in [-0.39, 0.29) is 24.3 Å². The van der Waals surface area contributed by atoms with Crippen LogP contribution in [0, 0.1) is 0 Å². The molecule has 1 amide bonds. The average Bonchev–Trinajstić information content (AvgIpc) is 3.27. The number of aromatic nitrogens is 3. The van der Waals surface area contributed by atoms with Gasteiger partial charge in [0.2, 0.25) is 6.17 Å². The van der Waals surface area contributed by atoms with E-state index in [9.17, 15) is 22.4 Å². The third-order valence-electron chi connectivity index (χ3n) is 4.15. The number of hydrogen-bond donors (Lipinski definition) is 2. The van der Waals surface area contributed by atoms with Gasteiger partial charge in [0.1, 0.15) is 5.75 Å². The Morgan fingerprint density at radius 2 is 1.87 bits per heavy atom. The predicted octanol–water partition coefficient (Wildman–Crippen LogP) is 3.78. The van der Waals surface area contributed by atoms with Crippen molar-refractivity contribution in [3.63, 3.8) is 0 Å². The number of nitrogens with one attached hydrogen (secondary N) is 2. The summed E-state index contributed by atoms with van der Waals surface area (Å²) in [6.45, 7) is -1.27. The smallest absolute Gasteiger partial charge is 0.422 e. The molecule has 1 unspecified atom stereocenters. The Labute approximate surface area is 169 Å². The quantitative estimate of drug-likeness (QED) is 0.542. The SMILES string of the molecule is O=C(NCCc1ccc(OCC(F)(F)F)cn1)C(F)c1ccc(-c2cn[nH]c2)cc1. The Morgan fingerprint density at radius 1 is 1.10 bits per heavy atom.